The van der Waals surface area contributed by atoms with Crippen LogP contribution in [0.2, 0.25) is 5.02 Å². The van der Waals surface area contributed by atoms with E-state index in [0.29, 0.717) is 29.8 Å². The zero-order chi connectivity index (χ0) is 25.3. The van der Waals surface area contributed by atoms with Crippen LogP contribution in [-0.2, 0) is 21.4 Å². The van der Waals surface area contributed by atoms with Crippen LogP contribution in [0.4, 0.5) is 10.8 Å². The van der Waals surface area contributed by atoms with Crippen molar-refractivity contribution in [3.05, 3.63) is 71.3 Å². The lowest BCUT2D eigenvalue weighted by Gasteiger charge is -2.42. The molecule has 2 N–H and O–H groups in total. The highest BCUT2D eigenvalue weighted by atomic mass is 35.5. The van der Waals surface area contributed by atoms with Gasteiger partial charge in [0.05, 0.1) is 17.5 Å². The van der Waals surface area contributed by atoms with Crippen molar-refractivity contribution in [1.82, 2.24) is 14.5 Å². The molecule has 2 aromatic heterocycles. The topological polar surface area (TPSA) is 108 Å². The number of aliphatic hydroxyl groups excluding tert-OH is 1. The van der Waals surface area contributed by atoms with Crippen molar-refractivity contribution in [1.29, 1.82) is 0 Å². The number of sulfonamides is 1. The first-order valence-electron chi connectivity index (χ1n) is 11.3. The number of rotatable bonds is 7. The number of piperazine rings is 1. The molecule has 0 radical (unpaired) electrons. The summed E-state index contributed by atoms with van der Waals surface area (Å²) in [6.07, 6.45) is 3.39. The Hall–Kier alpha value is -3.12. The molecule has 9 nitrogen and oxygen atoms in total. The number of hydrogen-bond donors (Lipinski definition) is 2. The van der Waals surface area contributed by atoms with E-state index in [1.54, 1.807) is 34.5 Å². The van der Waals surface area contributed by atoms with Gasteiger partial charge in [0.25, 0.3) is 10.0 Å². The number of carbonyl (C=O) groups excluding carboxylic acids is 1. The zero-order valence-corrected chi connectivity index (χ0v) is 21.5. The van der Waals surface area contributed by atoms with Gasteiger partial charge in [-0.05, 0) is 47.9 Å². The van der Waals surface area contributed by atoms with Crippen LogP contribution in [0.25, 0.3) is 10.9 Å². The third-order valence-electron chi connectivity index (χ3n) is 6.22. The van der Waals surface area contributed by atoms with Gasteiger partial charge in [0.2, 0.25) is 5.91 Å². The smallest absolute Gasteiger partial charge is 0.263 e. The summed E-state index contributed by atoms with van der Waals surface area (Å²) in [4.78, 5) is 21.0. The Morgan fingerprint density at radius 3 is 2.72 bits per heavy atom. The number of aromatic nitrogens is 2. The number of carbonyl (C=O) groups is 1. The molecular weight excluding hydrogens is 522 g/mol. The Labute approximate surface area is 219 Å². The van der Waals surface area contributed by atoms with Crippen molar-refractivity contribution in [2.45, 2.75) is 17.5 Å². The minimum Gasteiger partial charge on any atom is -0.394 e. The first-order valence-corrected chi connectivity index (χ1v) is 14.0. The summed E-state index contributed by atoms with van der Waals surface area (Å²) in [5.41, 5.74) is 1.70. The van der Waals surface area contributed by atoms with Gasteiger partial charge in [-0.2, -0.15) is 0 Å². The van der Waals surface area contributed by atoms with E-state index in [9.17, 15) is 18.3 Å². The Balaban J connectivity index is 0.00000320. The molecule has 2 aromatic carbocycles. The second-order valence-corrected chi connectivity index (χ2v) is 11.5. The standard InChI is InChI=1S/C24H24ClN5O4S2.H2/c25-18-2-1-17-7-9-29(22(17)13-18)15-23(32)30-11-10-28(14-20(30)16-31)19-3-5-21(6-4-19)36(33,34)27-24-26-8-12-35-24;/h1-9,12-13,20,31H,10-11,14-16H2,(H,26,27);1H/t20-;/m1./s1. The van der Waals surface area contributed by atoms with Gasteiger partial charge in [-0.1, -0.05) is 17.7 Å². The van der Waals surface area contributed by atoms with Crippen LogP contribution in [0, 0.1) is 0 Å². The summed E-state index contributed by atoms with van der Waals surface area (Å²) < 4.78 is 29.5. The zero-order valence-electron chi connectivity index (χ0n) is 19.1. The van der Waals surface area contributed by atoms with Crippen LogP contribution in [0.5, 0.6) is 0 Å². The van der Waals surface area contributed by atoms with Gasteiger partial charge in [-0.25, -0.2) is 13.4 Å². The molecule has 1 aliphatic rings. The average Bonchev–Trinajstić information content (AvgIpc) is 3.53. The third kappa shape index (κ3) is 5.05. The quantitative estimate of drug-likeness (QED) is 0.366. The molecule has 4 aromatic rings. The van der Waals surface area contributed by atoms with E-state index in [1.165, 1.54) is 17.5 Å². The maximum atomic E-state index is 13.2. The van der Waals surface area contributed by atoms with Gasteiger partial charge < -0.3 is 19.5 Å². The molecule has 1 aliphatic heterocycles. The lowest BCUT2D eigenvalue weighted by atomic mass is 10.1. The molecular formula is C24H26ClN5O4S2. The highest BCUT2D eigenvalue weighted by Crippen LogP contribution is 2.25. The summed E-state index contributed by atoms with van der Waals surface area (Å²) in [5.74, 6) is -0.0825. The maximum absolute atomic E-state index is 13.2. The van der Waals surface area contributed by atoms with Gasteiger partial charge in [0.1, 0.15) is 6.54 Å². The maximum Gasteiger partial charge on any atom is 0.263 e. The van der Waals surface area contributed by atoms with Gasteiger partial charge >= 0.3 is 0 Å². The van der Waals surface area contributed by atoms with Crippen molar-refractivity contribution in [2.75, 3.05) is 35.9 Å². The number of amides is 1. The molecule has 36 heavy (non-hydrogen) atoms. The minimum absolute atomic E-state index is 0. The van der Waals surface area contributed by atoms with E-state index in [4.69, 9.17) is 11.6 Å². The number of aliphatic hydroxyl groups is 1. The molecule has 1 atom stereocenters. The Morgan fingerprint density at radius 1 is 1.19 bits per heavy atom. The molecule has 1 amide bonds. The van der Waals surface area contributed by atoms with Crippen molar-refractivity contribution in [3.8, 4) is 0 Å². The number of fused-ring (bicyclic) bond motifs is 1. The Bertz CT molecular complexity index is 1480. The number of nitrogens with zero attached hydrogens (tertiary/aromatic N) is 4. The predicted molar refractivity (Wildman–Crippen MR) is 143 cm³/mol. The average molecular weight is 548 g/mol. The fourth-order valence-electron chi connectivity index (χ4n) is 4.39. The number of benzene rings is 2. The second kappa shape index (κ2) is 10.1. The molecule has 190 valence electrons. The van der Waals surface area contributed by atoms with E-state index < -0.39 is 10.0 Å². The number of nitrogens with one attached hydrogen (secondary N) is 1. The fraction of sp³-hybridized carbons (Fsp3) is 0.250. The molecule has 1 saturated heterocycles. The summed E-state index contributed by atoms with van der Waals surface area (Å²) in [6.45, 7) is 1.41. The summed E-state index contributed by atoms with van der Waals surface area (Å²) in [6, 6.07) is 13.7. The van der Waals surface area contributed by atoms with E-state index in [1.807, 2.05) is 39.9 Å². The van der Waals surface area contributed by atoms with Crippen LogP contribution in [0.1, 0.15) is 1.43 Å². The molecule has 0 bridgehead atoms. The lowest BCUT2D eigenvalue weighted by molar-refractivity contribution is -0.135. The highest BCUT2D eigenvalue weighted by molar-refractivity contribution is 7.93. The SMILES string of the molecule is O=C(Cn1ccc2ccc(Cl)cc21)N1CCN(c2ccc(S(=O)(=O)Nc3nccs3)cc2)C[C@@H]1CO.[HH]. The van der Waals surface area contributed by atoms with Crippen LogP contribution in [0.15, 0.2) is 71.2 Å². The van der Waals surface area contributed by atoms with Crippen LogP contribution in [0.3, 0.4) is 0 Å². The Kier molecular flexibility index (Phi) is 6.89. The summed E-state index contributed by atoms with van der Waals surface area (Å²) >= 11 is 7.34. The van der Waals surface area contributed by atoms with E-state index in [-0.39, 0.29) is 31.4 Å². The molecule has 1 fully saturated rings. The molecule has 5 rings (SSSR count). The number of thiazole rings is 1. The largest absolute Gasteiger partial charge is 0.394 e. The van der Waals surface area contributed by atoms with Crippen LogP contribution < -0.4 is 9.62 Å². The monoisotopic (exact) mass is 547 g/mol. The van der Waals surface area contributed by atoms with Crippen molar-refractivity contribution in [2.24, 2.45) is 0 Å². The van der Waals surface area contributed by atoms with Crippen molar-refractivity contribution < 1.29 is 19.7 Å². The first kappa shape index (κ1) is 24.6. The molecule has 12 heteroatoms. The molecule has 0 spiro atoms. The molecule has 0 aliphatic carbocycles. The Morgan fingerprint density at radius 2 is 2.00 bits per heavy atom. The number of halogens is 1. The van der Waals surface area contributed by atoms with Crippen molar-refractivity contribution >= 4 is 60.6 Å². The summed E-state index contributed by atoms with van der Waals surface area (Å²) in [7, 11) is -3.73. The van der Waals surface area contributed by atoms with Gasteiger partial charge in [0.15, 0.2) is 5.13 Å². The van der Waals surface area contributed by atoms with Gasteiger partial charge in [0, 0.05) is 55.1 Å². The highest BCUT2D eigenvalue weighted by Gasteiger charge is 2.30. The second-order valence-electron chi connectivity index (χ2n) is 8.45. The fourth-order valence-corrected chi connectivity index (χ4v) is 6.34. The van der Waals surface area contributed by atoms with Gasteiger partial charge in [-0.3, -0.25) is 9.52 Å². The van der Waals surface area contributed by atoms with Crippen molar-refractivity contribution in [3.63, 3.8) is 0 Å². The van der Waals surface area contributed by atoms with E-state index in [2.05, 4.69) is 9.71 Å². The van der Waals surface area contributed by atoms with E-state index >= 15 is 0 Å². The molecule has 0 unspecified atom stereocenters. The number of hydrogen-bond acceptors (Lipinski definition) is 7. The van der Waals surface area contributed by atoms with Crippen LogP contribution in [-0.4, -0.2) is 66.2 Å². The third-order valence-corrected chi connectivity index (χ3v) is 8.63. The normalized spacial score (nSPS) is 16.4. The minimum atomic E-state index is -3.73. The molecule has 3 heterocycles. The summed E-state index contributed by atoms with van der Waals surface area (Å²) in [5, 5.41) is 13.7. The van der Waals surface area contributed by atoms with E-state index in [0.717, 1.165) is 16.6 Å². The van der Waals surface area contributed by atoms with Crippen LogP contribution >= 0.6 is 22.9 Å². The predicted octanol–water partition coefficient (Wildman–Crippen LogP) is 3.51. The lowest BCUT2D eigenvalue weighted by Crippen LogP contribution is -2.57. The van der Waals surface area contributed by atoms with Gasteiger partial charge in [-0.15, -0.1) is 11.3 Å². The first-order chi connectivity index (χ1) is 17.3. The molecule has 0 saturated carbocycles. The number of anilines is 2.